The summed E-state index contributed by atoms with van der Waals surface area (Å²) in [5, 5.41) is 6.51. The van der Waals surface area contributed by atoms with E-state index in [9.17, 15) is 4.79 Å². The highest BCUT2D eigenvalue weighted by Crippen LogP contribution is 2.12. The molecule has 2 aromatic rings. The van der Waals surface area contributed by atoms with Gasteiger partial charge in [-0.05, 0) is 38.6 Å². The third-order valence-electron chi connectivity index (χ3n) is 3.35. The number of aromatic nitrogens is 2. The average Bonchev–Trinajstić information content (AvgIpc) is 2.55. The zero-order valence-corrected chi connectivity index (χ0v) is 14.7. The predicted octanol–water partition coefficient (Wildman–Crippen LogP) is 3.01. The molecule has 0 spiro atoms. The lowest BCUT2D eigenvalue weighted by Gasteiger charge is -2.17. The van der Waals surface area contributed by atoms with E-state index >= 15 is 0 Å². The summed E-state index contributed by atoms with van der Waals surface area (Å²) >= 11 is 5.29. The van der Waals surface area contributed by atoms with Crippen molar-refractivity contribution < 1.29 is 9.53 Å². The number of carbonyl (C=O) groups is 1. The van der Waals surface area contributed by atoms with Gasteiger partial charge in [-0.3, -0.25) is 0 Å². The summed E-state index contributed by atoms with van der Waals surface area (Å²) in [6.07, 6.45) is 1.44. The van der Waals surface area contributed by atoms with Crippen molar-refractivity contribution in [3.8, 4) is 0 Å². The van der Waals surface area contributed by atoms with E-state index in [1.165, 1.54) is 6.20 Å². The number of aryl methyl sites for hydroxylation is 1. The summed E-state index contributed by atoms with van der Waals surface area (Å²) in [6, 6.07) is 10.0. The fourth-order valence-corrected chi connectivity index (χ4v) is 2.36. The Labute approximate surface area is 146 Å². The molecule has 0 saturated carbocycles. The van der Waals surface area contributed by atoms with Gasteiger partial charge >= 0.3 is 5.97 Å². The molecule has 0 fully saturated rings. The van der Waals surface area contributed by atoms with Crippen LogP contribution in [0.15, 0.2) is 36.5 Å². The zero-order valence-electron chi connectivity index (χ0n) is 13.9. The number of hydrogen-bond acceptors (Lipinski definition) is 5. The van der Waals surface area contributed by atoms with Crippen LogP contribution in [0, 0.1) is 6.92 Å². The van der Waals surface area contributed by atoms with Crippen molar-refractivity contribution in [3.05, 3.63) is 53.3 Å². The van der Waals surface area contributed by atoms with Crippen molar-refractivity contribution in [2.75, 3.05) is 11.9 Å². The first kappa shape index (κ1) is 17.8. The van der Waals surface area contributed by atoms with E-state index in [4.69, 9.17) is 17.0 Å². The molecule has 0 aliphatic heterocycles. The monoisotopic (exact) mass is 344 g/mol. The Balaban J connectivity index is 1.99. The summed E-state index contributed by atoms with van der Waals surface area (Å²) in [5.74, 6) is -0.0988. The lowest BCUT2D eigenvalue weighted by atomic mass is 10.1. The van der Waals surface area contributed by atoms with Crippen LogP contribution in [0.3, 0.4) is 0 Å². The highest BCUT2D eigenvalue weighted by Gasteiger charge is 2.13. The number of nitrogens with one attached hydrogen (secondary N) is 2. The van der Waals surface area contributed by atoms with Gasteiger partial charge in [0.05, 0.1) is 23.9 Å². The first-order valence-electron chi connectivity index (χ1n) is 7.64. The Hall–Kier alpha value is -2.54. The van der Waals surface area contributed by atoms with E-state index in [0.29, 0.717) is 28.9 Å². The summed E-state index contributed by atoms with van der Waals surface area (Å²) in [4.78, 5) is 20.1. The number of anilines is 1. The quantitative estimate of drug-likeness (QED) is 0.638. The second-order valence-corrected chi connectivity index (χ2v) is 5.55. The smallest absolute Gasteiger partial charge is 0.341 e. The van der Waals surface area contributed by atoms with Gasteiger partial charge < -0.3 is 15.4 Å². The van der Waals surface area contributed by atoms with Crippen LogP contribution in [0.2, 0.25) is 0 Å². The molecule has 0 unspecified atom stereocenters. The molecule has 0 saturated heterocycles. The standard InChI is InChI=1S/C17H20N4O2S/c1-4-23-15(22)14-10-18-16(19-12(14)3)21-17(24)20-11(2)13-8-6-5-7-9-13/h5-11H,4H2,1-3H3,(H2,18,19,20,21,24)/t11-/m0/s1. The Morgan fingerprint density at radius 1 is 1.33 bits per heavy atom. The first-order chi connectivity index (χ1) is 11.5. The molecule has 0 aliphatic carbocycles. The third-order valence-corrected chi connectivity index (χ3v) is 3.57. The SMILES string of the molecule is CCOC(=O)c1cnc(NC(=S)N[C@@H](C)c2ccccc2)nc1C. The van der Waals surface area contributed by atoms with Crippen molar-refractivity contribution >= 4 is 29.2 Å². The number of carbonyl (C=O) groups excluding carboxylic acids is 1. The summed E-state index contributed by atoms with van der Waals surface area (Å²) in [5.41, 5.74) is 2.00. The van der Waals surface area contributed by atoms with E-state index in [2.05, 4.69) is 20.6 Å². The molecule has 7 heteroatoms. The molecule has 6 nitrogen and oxygen atoms in total. The van der Waals surface area contributed by atoms with Gasteiger partial charge in [0.1, 0.15) is 0 Å². The number of esters is 1. The van der Waals surface area contributed by atoms with E-state index in [-0.39, 0.29) is 6.04 Å². The minimum absolute atomic E-state index is 0.0473. The average molecular weight is 344 g/mol. The van der Waals surface area contributed by atoms with Crippen molar-refractivity contribution in [2.45, 2.75) is 26.8 Å². The van der Waals surface area contributed by atoms with Crippen LogP contribution in [-0.2, 0) is 4.74 Å². The molecule has 1 aromatic carbocycles. The lowest BCUT2D eigenvalue weighted by molar-refractivity contribution is 0.0524. The first-order valence-corrected chi connectivity index (χ1v) is 8.05. The molecule has 0 aliphatic rings. The maximum absolute atomic E-state index is 11.7. The largest absolute Gasteiger partial charge is 0.462 e. The van der Waals surface area contributed by atoms with Crippen LogP contribution in [0.1, 0.15) is 41.5 Å². The Morgan fingerprint density at radius 3 is 2.67 bits per heavy atom. The zero-order chi connectivity index (χ0) is 17.5. The molecule has 126 valence electrons. The van der Waals surface area contributed by atoms with Crippen LogP contribution in [0.4, 0.5) is 5.95 Å². The van der Waals surface area contributed by atoms with Crippen LogP contribution >= 0.6 is 12.2 Å². The molecule has 2 rings (SSSR count). The predicted molar refractivity (Wildman–Crippen MR) is 96.9 cm³/mol. The van der Waals surface area contributed by atoms with Gasteiger partial charge in [0.25, 0.3) is 0 Å². The van der Waals surface area contributed by atoms with E-state index < -0.39 is 5.97 Å². The second kappa shape index (κ2) is 8.35. The van der Waals surface area contributed by atoms with Crippen molar-refractivity contribution in [1.82, 2.24) is 15.3 Å². The molecule has 0 amide bonds. The van der Waals surface area contributed by atoms with Gasteiger partial charge in [-0.25, -0.2) is 14.8 Å². The van der Waals surface area contributed by atoms with Crippen LogP contribution in [0.5, 0.6) is 0 Å². The van der Waals surface area contributed by atoms with Gasteiger partial charge in [0.15, 0.2) is 5.11 Å². The number of thiocarbonyl (C=S) groups is 1. The number of benzene rings is 1. The summed E-state index contributed by atoms with van der Waals surface area (Å²) in [7, 11) is 0. The van der Waals surface area contributed by atoms with Crippen LogP contribution < -0.4 is 10.6 Å². The number of nitrogens with zero attached hydrogens (tertiary/aromatic N) is 2. The number of hydrogen-bond donors (Lipinski definition) is 2. The topological polar surface area (TPSA) is 76.1 Å². The molecular weight excluding hydrogens is 324 g/mol. The Morgan fingerprint density at radius 2 is 2.04 bits per heavy atom. The number of ether oxygens (including phenoxy) is 1. The normalized spacial score (nSPS) is 11.5. The van der Waals surface area contributed by atoms with Gasteiger partial charge in [0.2, 0.25) is 5.95 Å². The highest BCUT2D eigenvalue weighted by molar-refractivity contribution is 7.80. The Kier molecular flexibility index (Phi) is 6.20. The third kappa shape index (κ3) is 4.73. The van der Waals surface area contributed by atoms with Crippen molar-refractivity contribution in [3.63, 3.8) is 0 Å². The maximum Gasteiger partial charge on any atom is 0.341 e. The second-order valence-electron chi connectivity index (χ2n) is 5.14. The van der Waals surface area contributed by atoms with E-state index in [1.807, 2.05) is 37.3 Å². The molecule has 1 atom stereocenters. The molecular formula is C17H20N4O2S. The maximum atomic E-state index is 11.7. The minimum Gasteiger partial charge on any atom is -0.462 e. The number of rotatable bonds is 5. The van der Waals surface area contributed by atoms with E-state index in [0.717, 1.165) is 5.56 Å². The summed E-state index contributed by atoms with van der Waals surface area (Å²) in [6.45, 7) is 5.80. The molecule has 24 heavy (non-hydrogen) atoms. The Bertz CT molecular complexity index is 722. The van der Waals surface area contributed by atoms with Crippen LogP contribution in [-0.4, -0.2) is 27.7 Å². The fraction of sp³-hybridized carbons (Fsp3) is 0.294. The fourth-order valence-electron chi connectivity index (χ4n) is 2.10. The highest BCUT2D eigenvalue weighted by atomic mass is 32.1. The van der Waals surface area contributed by atoms with Crippen molar-refractivity contribution in [2.24, 2.45) is 0 Å². The van der Waals surface area contributed by atoms with Gasteiger partial charge in [0, 0.05) is 6.20 Å². The molecule has 1 aromatic heterocycles. The van der Waals surface area contributed by atoms with E-state index in [1.54, 1.807) is 13.8 Å². The van der Waals surface area contributed by atoms with Crippen LogP contribution in [0.25, 0.3) is 0 Å². The minimum atomic E-state index is -0.431. The van der Waals surface area contributed by atoms with Gasteiger partial charge in [-0.1, -0.05) is 30.3 Å². The molecule has 0 bridgehead atoms. The molecule has 0 radical (unpaired) electrons. The van der Waals surface area contributed by atoms with Gasteiger partial charge in [-0.2, -0.15) is 0 Å². The molecule has 2 N–H and O–H groups in total. The molecule has 1 heterocycles. The van der Waals surface area contributed by atoms with Gasteiger partial charge in [-0.15, -0.1) is 0 Å². The van der Waals surface area contributed by atoms with Crippen molar-refractivity contribution in [1.29, 1.82) is 0 Å². The summed E-state index contributed by atoms with van der Waals surface area (Å²) < 4.78 is 4.95. The lowest BCUT2D eigenvalue weighted by Crippen LogP contribution is -2.31.